The zero-order valence-corrected chi connectivity index (χ0v) is 19.4. The lowest BCUT2D eigenvalue weighted by Gasteiger charge is -2.35. The number of nitrogens with one attached hydrogen (secondary N) is 1. The van der Waals surface area contributed by atoms with Gasteiger partial charge in [-0.25, -0.2) is 0 Å². The van der Waals surface area contributed by atoms with E-state index in [4.69, 9.17) is 0 Å². The molecule has 10 nitrogen and oxygen atoms in total. The maximum absolute atomic E-state index is 12.0. The topological polar surface area (TPSA) is 134 Å². The molecule has 0 radical (unpaired) electrons. The van der Waals surface area contributed by atoms with Crippen LogP contribution in [-0.4, -0.2) is 121 Å². The third-order valence-corrected chi connectivity index (χ3v) is 6.97. The Labute approximate surface area is 162 Å². The van der Waals surface area contributed by atoms with Crippen molar-refractivity contribution >= 4 is 22.1 Å². The Morgan fingerprint density at radius 3 is 1.74 bits per heavy atom. The number of hydrogen-bond acceptors (Lipinski definition) is 7. The molecule has 1 fully saturated rings. The van der Waals surface area contributed by atoms with Crippen LogP contribution in [0.5, 0.6) is 0 Å². The van der Waals surface area contributed by atoms with Gasteiger partial charge in [0.1, 0.15) is 0 Å². The van der Waals surface area contributed by atoms with Gasteiger partial charge in [0.05, 0.1) is 18.9 Å². The second kappa shape index (κ2) is 10.4. The third-order valence-electron chi connectivity index (χ3n) is 4.23. The van der Waals surface area contributed by atoms with Crippen LogP contribution in [0.4, 0.5) is 0 Å². The highest BCUT2D eigenvalue weighted by atomic mass is 31.2. The summed E-state index contributed by atoms with van der Waals surface area (Å²) in [6.45, 7) is 6.88. The monoisotopic (exact) mass is 448 g/mol. The largest absolute Gasteiger partial charge is 0.344 e. The molecule has 13 heteroatoms. The van der Waals surface area contributed by atoms with Crippen LogP contribution < -0.4 is 5.32 Å². The van der Waals surface area contributed by atoms with Crippen molar-refractivity contribution in [3.05, 3.63) is 0 Å². The predicted octanol–water partition coefficient (Wildman–Crippen LogP) is 0.0671. The Morgan fingerprint density at radius 2 is 1.26 bits per heavy atom. The fourth-order valence-electron chi connectivity index (χ4n) is 3.32. The van der Waals surface area contributed by atoms with Gasteiger partial charge in [-0.1, -0.05) is 0 Å². The molecule has 0 aromatic rings. The molecule has 162 valence electrons. The van der Waals surface area contributed by atoms with Crippen LogP contribution in [0.15, 0.2) is 0 Å². The van der Waals surface area contributed by atoms with Gasteiger partial charge in [0.25, 0.3) is 0 Å². The van der Waals surface area contributed by atoms with E-state index in [-0.39, 0.29) is 24.9 Å². The highest BCUT2D eigenvalue weighted by molar-refractivity contribution is 7.57. The molecule has 0 aromatic carbocycles. The van der Waals surface area contributed by atoms with Crippen molar-refractivity contribution < 1.29 is 28.4 Å². The van der Waals surface area contributed by atoms with Gasteiger partial charge in [0.15, 0.2) is 0 Å². The Hall–Kier alpha value is 0.410. The van der Waals surface area contributed by atoms with Crippen LogP contribution in [0.3, 0.4) is 0 Å². The Balaban J connectivity index is 3.09. The first-order chi connectivity index (χ1) is 12.2. The van der Waals surface area contributed by atoms with Crippen molar-refractivity contribution in [3.63, 3.8) is 0 Å². The number of hydrogen-bond donors (Lipinski definition) is 4. The average Bonchev–Trinajstić information content (AvgIpc) is 2.49. The third kappa shape index (κ3) is 11.9. The molecule has 0 aliphatic carbocycles. The minimum absolute atomic E-state index is 0.00679. The molecule has 1 aliphatic heterocycles. The second-order valence-electron chi connectivity index (χ2n) is 7.80. The molecular weight excluding hydrogens is 413 g/mol. The van der Waals surface area contributed by atoms with Gasteiger partial charge >= 0.3 is 0 Å². The minimum Gasteiger partial charge on any atom is -0.344 e. The Bertz CT molecular complexity index is 604. The molecule has 1 aliphatic rings. The van der Waals surface area contributed by atoms with Crippen LogP contribution in [0.25, 0.3) is 0 Å². The van der Waals surface area contributed by atoms with Crippen LogP contribution in [-0.2, 0) is 13.7 Å². The molecule has 1 saturated heterocycles. The van der Waals surface area contributed by atoms with Crippen molar-refractivity contribution in [1.82, 2.24) is 20.0 Å². The van der Waals surface area contributed by atoms with E-state index in [1.807, 2.05) is 14.7 Å². The van der Waals surface area contributed by atoms with Crippen molar-refractivity contribution in [3.8, 4) is 0 Å². The molecule has 0 aromatic heterocycles. The molecule has 0 saturated carbocycles. The zero-order chi connectivity index (χ0) is 20.9. The maximum atomic E-state index is 12.0. The standard InChI is InChI=1S/C14H35N4O6P3/c1-15-9-14-10-17(12-26(3,21)22)6-5-16(11-25(2,19)20)7-8-18(14)13-27(4,23)24/h14-15H,5-13H2,1-4H3,(H,19,20)(H,21,22)(H,23,24)/t14-/m0/s1. The van der Waals surface area contributed by atoms with Gasteiger partial charge in [0, 0.05) is 65.3 Å². The molecule has 4 N–H and O–H groups in total. The molecule has 0 amide bonds. The van der Waals surface area contributed by atoms with Gasteiger partial charge < -0.3 is 20.0 Å². The SMILES string of the molecule is CNC[C@H]1CN(CP(C)(=O)O)CCN(CP(C)(=O)O)CCN1CP(C)(=O)O. The summed E-state index contributed by atoms with van der Waals surface area (Å²) in [6.07, 6.45) is 0.0464. The summed E-state index contributed by atoms with van der Waals surface area (Å²) in [4.78, 5) is 35.1. The van der Waals surface area contributed by atoms with Crippen LogP contribution in [0.1, 0.15) is 0 Å². The fourth-order valence-corrected chi connectivity index (χ4v) is 6.39. The Kier molecular flexibility index (Phi) is 9.84. The minimum atomic E-state index is -3.31. The summed E-state index contributed by atoms with van der Waals surface area (Å²) in [7, 11) is -8.07. The predicted molar refractivity (Wildman–Crippen MR) is 109 cm³/mol. The number of rotatable bonds is 8. The van der Waals surface area contributed by atoms with Gasteiger partial charge in [-0.2, -0.15) is 0 Å². The lowest BCUT2D eigenvalue weighted by molar-refractivity contribution is 0.171. The van der Waals surface area contributed by atoms with Crippen molar-refractivity contribution in [1.29, 1.82) is 0 Å². The van der Waals surface area contributed by atoms with Gasteiger partial charge in [-0.05, 0) is 7.05 Å². The molecular formula is C14H35N4O6P3. The van der Waals surface area contributed by atoms with Crippen LogP contribution >= 0.6 is 22.1 Å². The molecule has 0 bridgehead atoms. The van der Waals surface area contributed by atoms with E-state index in [1.165, 1.54) is 20.0 Å². The number of likely N-dealkylation sites (N-methyl/N-ethyl adjacent to an activating group) is 1. The molecule has 0 spiro atoms. The fraction of sp³-hybridized carbons (Fsp3) is 1.00. The number of nitrogens with zero attached hydrogens (tertiary/aromatic N) is 3. The maximum Gasteiger partial charge on any atom is 0.211 e. The normalized spacial score (nSPS) is 28.3. The molecule has 1 heterocycles. The summed E-state index contributed by atoms with van der Waals surface area (Å²) < 4.78 is 35.9. The van der Waals surface area contributed by atoms with E-state index >= 15 is 0 Å². The van der Waals surface area contributed by atoms with E-state index in [0.29, 0.717) is 39.3 Å². The average molecular weight is 448 g/mol. The lowest BCUT2D eigenvalue weighted by atomic mass is 10.2. The van der Waals surface area contributed by atoms with Crippen LogP contribution in [0, 0.1) is 0 Å². The second-order valence-corrected chi connectivity index (χ2v) is 15.0. The quantitative estimate of drug-likeness (QED) is 0.378. The summed E-state index contributed by atoms with van der Waals surface area (Å²) in [6, 6.07) is -0.121. The smallest absolute Gasteiger partial charge is 0.211 e. The summed E-state index contributed by atoms with van der Waals surface area (Å²) >= 11 is 0. The van der Waals surface area contributed by atoms with E-state index in [9.17, 15) is 28.4 Å². The van der Waals surface area contributed by atoms with Crippen molar-refractivity contribution in [2.24, 2.45) is 0 Å². The van der Waals surface area contributed by atoms with E-state index in [1.54, 1.807) is 7.05 Å². The summed E-state index contributed by atoms with van der Waals surface area (Å²) in [5.41, 5.74) is 0. The summed E-state index contributed by atoms with van der Waals surface area (Å²) in [5, 5.41) is 3.09. The Morgan fingerprint density at radius 1 is 0.815 bits per heavy atom. The molecule has 4 atom stereocenters. The first kappa shape index (κ1) is 25.4. The highest BCUT2D eigenvalue weighted by Gasteiger charge is 2.30. The van der Waals surface area contributed by atoms with Crippen LogP contribution in [0.2, 0.25) is 0 Å². The van der Waals surface area contributed by atoms with Gasteiger partial charge in [-0.3, -0.25) is 28.4 Å². The lowest BCUT2D eigenvalue weighted by Crippen LogP contribution is -2.49. The van der Waals surface area contributed by atoms with Gasteiger partial charge in [0.2, 0.25) is 22.1 Å². The summed E-state index contributed by atoms with van der Waals surface area (Å²) in [5.74, 6) is 0. The first-order valence-electron chi connectivity index (χ1n) is 8.90. The highest BCUT2D eigenvalue weighted by Crippen LogP contribution is 2.39. The van der Waals surface area contributed by atoms with Gasteiger partial charge in [-0.15, -0.1) is 0 Å². The molecule has 1 rings (SSSR count). The van der Waals surface area contributed by atoms with E-state index in [2.05, 4.69) is 5.32 Å². The van der Waals surface area contributed by atoms with Crippen molar-refractivity contribution in [2.75, 3.05) is 85.2 Å². The van der Waals surface area contributed by atoms with E-state index < -0.39 is 22.1 Å². The van der Waals surface area contributed by atoms with E-state index in [0.717, 1.165) is 0 Å². The zero-order valence-electron chi connectivity index (χ0n) is 16.7. The molecule has 27 heavy (non-hydrogen) atoms. The molecule has 3 unspecified atom stereocenters. The van der Waals surface area contributed by atoms with Crippen molar-refractivity contribution in [2.45, 2.75) is 6.04 Å². The first-order valence-corrected chi connectivity index (χ1v) is 15.8.